The van der Waals surface area contributed by atoms with E-state index in [1.807, 2.05) is 13.8 Å². The van der Waals surface area contributed by atoms with Gasteiger partial charge in [0.05, 0.1) is 18.9 Å². The molecule has 7 heteroatoms. The zero-order chi connectivity index (χ0) is 20.2. The first-order valence-electron chi connectivity index (χ1n) is 9.04. The van der Waals surface area contributed by atoms with Gasteiger partial charge in [-0.3, -0.25) is 4.99 Å². The van der Waals surface area contributed by atoms with Crippen molar-refractivity contribution in [1.29, 1.82) is 0 Å². The molecular formula is C21H23NO6. The molecule has 2 aromatic carbocycles. The lowest BCUT2D eigenvalue weighted by molar-refractivity contribution is 0.0981. The Morgan fingerprint density at radius 3 is 1.71 bits per heavy atom. The lowest BCUT2D eigenvalue weighted by Crippen LogP contribution is -2.10. The van der Waals surface area contributed by atoms with E-state index < -0.39 is 12.3 Å². The highest BCUT2D eigenvalue weighted by molar-refractivity contribution is 5.82. The van der Waals surface area contributed by atoms with Crippen LogP contribution in [0.2, 0.25) is 0 Å². The second-order valence-corrected chi connectivity index (χ2v) is 5.72. The minimum Gasteiger partial charge on any atom is -0.434 e. The Labute approximate surface area is 163 Å². The monoisotopic (exact) mass is 385 g/mol. The van der Waals surface area contributed by atoms with Gasteiger partial charge in [-0.15, -0.1) is 0 Å². The summed E-state index contributed by atoms with van der Waals surface area (Å²) in [5.74, 6) is 0.784. The number of nitrogens with zero attached hydrogens (tertiary/aromatic N) is 1. The molecule has 2 aromatic rings. The fraction of sp³-hybridized carbons (Fsp3) is 0.286. The van der Waals surface area contributed by atoms with Gasteiger partial charge in [0.1, 0.15) is 11.5 Å². The van der Waals surface area contributed by atoms with Crippen molar-refractivity contribution >= 4 is 24.2 Å². The van der Waals surface area contributed by atoms with E-state index in [1.54, 1.807) is 54.7 Å². The van der Waals surface area contributed by atoms with Gasteiger partial charge >= 0.3 is 12.3 Å². The average molecular weight is 385 g/mol. The van der Waals surface area contributed by atoms with Crippen molar-refractivity contribution in [2.45, 2.75) is 26.7 Å². The van der Waals surface area contributed by atoms with Crippen molar-refractivity contribution in [3.63, 3.8) is 0 Å². The highest BCUT2D eigenvalue weighted by Gasteiger charge is 2.06. The van der Waals surface area contributed by atoms with Crippen LogP contribution in [0.15, 0.2) is 53.5 Å². The Morgan fingerprint density at radius 2 is 1.25 bits per heavy atom. The van der Waals surface area contributed by atoms with E-state index in [-0.39, 0.29) is 0 Å². The maximum absolute atomic E-state index is 11.4. The van der Waals surface area contributed by atoms with Gasteiger partial charge in [-0.25, -0.2) is 9.59 Å². The van der Waals surface area contributed by atoms with Gasteiger partial charge in [-0.1, -0.05) is 13.8 Å². The summed E-state index contributed by atoms with van der Waals surface area (Å²) < 4.78 is 19.8. The Morgan fingerprint density at radius 1 is 0.786 bits per heavy atom. The van der Waals surface area contributed by atoms with E-state index in [4.69, 9.17) is 18.9 Å². The molecule has 7 nitrogen and oxygen atoms in total. The molecule has 0 N–H and O–H groups in total. The molecule has 0 heterocycles. The van der Waals surface area contributed by atoms with Gasteiger partial charge < -0.3 is 18.9 Å². The molecule has 0 amide bonds. The van der Waals surface area contributed by atoms with Gasteiger partial charge in [0.2, 0.25) is 0 Å². The zero-order valence-electron chi connectivity index (χ0n) is 15.9. The molecular weight excluding hydrogens is 362 g/mol. The summed E-state index contributed by atoms with van der Waals surface area (Å²) in [7, 11) is 0. The molecule has 0 unspecified atom stereocenters. The van der Waals surface area contributed by atoms with Crippen LogP contribution < -0.4 is 9.47 Å². The average Bonchev–Trinajstić information content (AvgIpc) is 2.71. The molecule has 0 atom stereocenters. The first-order chi connectivity index (χ1) is 13.6. The van der Waals surface area contributed by atoms with Crippen molar-refractivity contribution in [1.82, 2.24) is 0 Å². The van der Waals surface area contributed by atoms with Crippen LogP contribution in [0.25, 0.3) is 0 Å². The van der Waals surface area contributed by atoms with E-state index in [0.717, 1.165) is 18.4 Å². The summed E-state index contributed by atoms with van der Waals surface area (Å²) >= 11 is 0. The van der Waals surface area contributed by atoms with Crippen LogP contribution in [0.5, 0.6) is 11.5 Å². The lowest BCUT2D eigenvalue weighted by atomic mass is 10.2. The third-order valence-corrected chi connectivity index (χ3v) is 3.33. The molecule has 0 radical (unpaired) electrons. The van der Waals surface area contributed by atoms with E-state index in [2.05, 4.69) is 4.99 Å². The Bertz CT molecular complexity index is 716. The van der Waals surface area contributed by atoms with Gasteiger partial charge in [0.15, 0.2) is 0 Å². The van der Waals surface area contributed by atoms with Crippen molar-refractivity contribution in [3.05, 3.63) is 54.1 Å². The molecule has 148 valence electrons. The number of benzene rings is 2. The second-order valence-electron chi connectivity index (χ2n) is 5.72. The zero-order valence-corrected chi connectivity index (χ0v) is 15.9. The van der Waals surface area contributed by atoms with Crippen LogP contribution >= 0.6 is 0 Å². The third-order valence-electron chi connectivity index (χ3n) is 3.33. The summed E-state index contributed by atoms with van der Waals surface area (Å²) in [6.45, 7) is 4.46. The Hall–Kier alpha value is -3.35. The van der Waals surface area contributed by atoms with Crippen molar-refractivity contribution in [2.24, 2.45) is 4.99 Å². The molecule has 0 aromatic heterocycles. The van der Waals surface area contributed by atoms with Crippen LogP contribution in [-0.4, -0.2) is 31.7 Å². The first-order valence-corrected chi connectivity index (χ1v) is 9.04. The number of carbonyl (C=O) groups is 2. The topological polar surface area (TPSA) is 83.4 Å². The number of hydrogen-bond acceptors (Lipinski definition) is 7. The molecule has 0 spiro atoms. The van der Waals surface area contributed by atoms with E-state index in [9.17, 15) is 9.59 Å². The summed E-state index contributed by atoms with van der Waals surface area (Å²) in [5, 5.41) is 0. The van der Waals surface area contributed by atoms with E-state index >= 15 is 0 Å². The van der Waals surface area contributed by atoms with E-state index in [1.165, 1.54) is 0 Å². The fourth-order valence-electron chi connectivity index (χ4n) is 1.99. The van der Waals surface area contributed by atoms with Crippen LogP contribution in [0, 0.1) is 0 Å². The third kappa shape index (κ3) is 7.49. The minimum absolute atomic E-state index is 0.324. The standard InChI is InChI=1S/C21H23NO6/c1-3-13-25-20(23)27-18-9-5-16(6-10-18)15-22-17-7-11-19(12-8-17)28-21(24)26-14-4-2/h5-12,15H,3-4,13-14H2,1-2H3. The van der Waals surface area contributed by atoms with Crippen LogP contribution in [-0.2, 0) is 9.47 Å². The maximum atomic E-state index is 11.4. The van der Waals surface area contributed by atoms with Gasteiger partial charge in [0, 0.05) is 6.21 Å². The molecule has 0 fully saturated rings. The molecule has 0 saturated carbocycles. The largest absolute Gasteiger partial charge is 0.513 e. The first kappa shape index (κ1) is 21.0. The highest BCUT2D eigenvalue weighted by atomic mass is 16.7. The van der Waals surface area contributed by atoms with Crippen molar-refractivity contribution in [3.8, 4) is 11.5 Å². The fourth-order valence-corrected chi connectivity index (χ4v) is 1.99. The predicted octanol–water partition coefficient (Wildman–Crippen LogP) is 5.29. The summed E-state index contributed by atoms with van der Waals surface area (Å²) in [4.78, 5) is 27.2. The molecule has 0 aliphatic carbocycles. The molecule has 0 bridgehead atoms. The number of rotatable bonds is 8. The number of hydrogen-bond donors (Lipinski definition) is 0. The normalized spacial score (nSPS) is 10.5. The SMILES string of the molecule is CCCOC(=O)Oc1ccc(C=Nc2ccc(OC(=O)OCCC)cc2)cc1. The van der Waals surface area contributed by atoms with E-state index in [0.29, 0.717) is 30.4 Å². The van der Waals surface area contributed by atoms with Gasteiger partial charge in [-0.05, 0) is 66.9 Å². The molecule has 0 saturated heterocycles. The Kier molecular flexibility index (Phi) is 8.52. The quantitative estimate of drug-likeness (QED) is 0.349. The number of carbonyl (C=O) groups excluding carboxylic acids is 2. The van der Waals surface area contributed by atoms with Crippen LogP contribution in [0.4, 0.5) is 15.3 Å². The van der Waals surface area contributed by atoms with Crippen molar-refractivity contribution < 1.29 is 28.5 Å². The molecule has 0 aliphatic heterocycles. The number of ether oxygens (including phenoxy) is 4. The molecule has 2 rings (SSSR count). The molecule has 28 heavy (non-hydrogen) atoms. The Balaban J connectivity index is 1.87. The lowest BCUT2D eigenvalue weighted by Gasteiger charge is -2.05. The van der Waals surface area contributed by atoms with Crippen LogP contribution in [0.3, 0.4) is 0 Å². The van der Waals surface area contributed by atoms with Crippen LogP contribution in [0.1, 0.15) is 32.3 Å². The van der Waals surface area contributed by atoms with Gasteiger partial charge in [0.25, 0.3) is 0 Å². The summed E-state index contributed by atoms with van der Waals surface area (Å²) in [6.07, 6.45) is 1.70. The van der Waals surface area contributed by atoms with Gasteiger partial charge in [-0.2, -0.15) is 0 Å². The smallest absolute Gasteiger partial charge is 0.434 e. The number of aliphatic imine (C=N–C) groups is 1. The summed E-state index contributed by atoms with van der Waals surface area (Å²) in [6, 6.07) is 13.6. The highest BCUT2D eigenvalue weighted by Crippen LogP contribution is 2.19. The second kappa shape index (κ2) is 11.4. The minimum atomic E-state index is -0.723. The molecule has 0 aliphatic rings. The van der Waals surface area contributed by atoms with Crippen molar-refractivity contribution in [2.75, 3.05) is 13.2 Å². The summed E-state index contributed by atoms with van der Waals surface area (Å²) in [5.41, 5.74) is 1.52. The predicted molar refractivity (Wildman–Crippen MR) is 105 cm³/mol. The maximum Gasteiger partial charge on any atom is 0.513 e.